The molecule has 1 aromatic carbocycles. The second kappa shape index (κ2) is 11.7. The number of ether oxygens (including phenoxy) is 1. The van der Waals surface area contributed by atoms with E-state index < -0.39 is 25.2 Å². The van der Waals surface area contributed by atoms with Crippen LogP contribution < -0.4 is 5.32 Å². The maximum atomic E-state index is 13.7. The van der Waals surface area contributed by atoms with Crippen molar-refractivity contribution in [3.63, 3.8) is 0 Å². The zero-order chi connectivity index (χ0) is 27.1. The van der Waals surface area contributed by atoms with Gasteiger partial charge >= 0.3 is 157 Å². The van der Waals surface area contributed by atoms with Crippen LogP contribution in [-0.4, -0.2) is 105 Å². The summed E-state index contributed by atoms with van der Waals surface area (Å²) in [6, 6.07) is 8.94. The van der Waals surface area contributed by atoms with Crippen LogP contribution in [0.3, 0.4) is 0 Å². The molecule has 205 valence electrons. The predicted octanol–water partition coefficient (Wildman–Crippen LogP) is 0.628. The van der Waals surface area contributed by atoms with Gasteiger partial charge in [-0.05, 0) is 17.7 Å². The van der Waals surface area contributed by atoms with Crippen LogP contribution in [0.15, 0.2) is 24.3 Å². The van der Waals surface area contributed by atoms with E-state index in [2.05, 4.69) is 24.3 Å². The van der Waals surface area contributed by atoms with Gasteiger partial charge in [0.25, 0.3) is 5.91 Å². The second-order valence-corrected chi connectivity index (χ2v) is 13.6. The number of sulfone groups is 1. The van der Waals surface area contributed by atoms with Gasteiger partial charge in [-0.25, -0.2) is 0 Å². The van der Waals surface area contributed by atoms with E-state index in [4.69, 9.17) is 14.2 Å². The summed E-state index contributed by atoms with van der Waals surface area (Å²) in [5.74, 6) is -0.734. The number of hydrogen-bond acceptors (Lipinski definition) is 9. The predicted molar refractivity (Wildman–Crippen MR) is 147 cm³/mol. The molecule has 39 heavy (non-hydrogen) atoms. The number of nitriles is 1. The molecule has 5 rings (SSSR count). The molecule has 1 saturated carbocycles. The fourth-order valence-corrected chi connectivity index (χ4v) is 8.26. The Balaban J connectivity index is 0.00000353. The first-order valence-electron chi connectivity index (χ1n) is 12.1. The summed E-state index contributed by atoms with van der Waals surface area (Å²) < 4.78 is 37.3. The van der Waals surface area contributed by atoms with Crippen molar-refractivity contribution in [3.8, 4) is 6.07 Å². The van der Waals surface area contributed by atoms with Gasteiger partial charge < -0.3 is 5.32 Å². The molecule has 15 heteroatoms. The van der Waals surface area contributed by atoms with Gasteiger partial charge in [-0.2, -0.15) is 5.26 Å². The molecule has 1 aromatic heterocycles. The molecule has 2 aliphatic heterocycles. The first-order valence-corrected chi connectivity index (χ1v) is 15.5. The van der Waals surface area contributed by atoms with E-state index in [-0.39, 0.29) is 71.8 Å². The fraction of sp³-hybridized carbons (Fsp3) is 0.500. The Hall–Kier alpha value is -1.57. The Kier molecular flexibility index (Phi) is 9.14. The number of nitrogens with one attached hydrogen (secondary N) is 1. The molecular weight excluding hydrogens is 754 g/mol. The molecule has 11 nitrogen and oxygen atoms in total. The van der Waals surface area contributed by atoms with E-state index in [9.17, 15) is 18.0 Å². The number of benzene rings is 1. The van der Waals surface area contributed by atoms with Crippen LogP contribution in [0.5, 0.6) is 0 Å². The molecule has 0 unspecified atom stereocenters. The van der Waals surface area contributed by atoms with Gasteiger partial charge in [0, 0.05) is 33.8 Å². The Morgan fingerprint density at radius 2 is 1.97 bits per heavy atom. The Morgan fingerprint density at radius 3 is 2.54 bits per heavy atom. The summed E-state index contributed by atoms with van der Waals surface area (Å²) in [4.78, 5) is 28.0. The van der Waals surface area contributed by atoms with Crippen molar-refractivity contribution in [1.82, 2.24) is 20.0 Å². The number of aromatic nitrogens is 2. The molecule has 0 bridgehead atoms. The summed E-state index contributed by atoms with van der Waals surface area (Å²) in [6.07, 6.45) is 1.34. The van der Waals surface area contributed by atoms with E-state index in [1.165, 1.54) is 4.68 Å². The van der Waals surface area contributed by atoms with Crippen molar-refractivity contribution in [1.29, 1.82) is 5.26 Å². The Morgan fingerprint density at radius 1 is 1.28 bits per heavy atom. The molecule has 2 fully saturated rings. The number of carbonyl (C=O) groups is 2. The maximum Gasteiger partial charge on any atom is 0 e. The van der Waals surface area contributed by atoms with Gasteiger partial charge in [0.1, 0.15) is 0 Å². The first kappa shape index (κ1) is 30.4. The van der Waals surface area contributed by atoms with Crippen LogP contribution in [0.25, 0.3) is 0 Å². The van der Waals surface area contributed by atoms with Crippen molar-refractivity contribution in [3.05, 3.63) is 52.3 Å². The molecule has 1 N–H and O–H groups in total. The standard InChI is InChI=1S/C24H27N5O6PS2.Tl/c1-28-20-18(19(27-28)21(30)26-11-17-4-2-16(10-25)3-5-17)6-9-29(22(20)31)12-23(7-8-23)38(32,33)24(13-34-14-24)15-35-37-36;/h2-5,37H,6-9,11-15H2,1H3,(H,26,30);/q-1;. The van der Waals surface area contributed by atoms with Crippen LogP contribution in [0.4, 0.5) is 0 Å². The SMILES string of the molecule is Cn1nc(C(=O)NCc2ccc(C#N)cc2)c2c1C(=O)N(CC1(S(=O)(=O)C3(CO[SH-]#P)COC3)CC1)CC2.[Tl]. The van der Waals surface area contributed by atoms with Crippen molar-refractivity contribution in [2.24, 2.45) is 7.05 Å². The van der Waals surface area contributed by atoms with Crippen molar-refractivity contribution in [2.45, 2.75) is 35.3 Å². The normalized spacial score (nSPS) is 18.7. The summed E-state index contributed by atoms with van der Waals surface area (Å²) in [6.45, 7) is 0.767. The number of aryl methyl sites for hydroxylation is 1. The van der Waals surface area contributed by atoms with Gasteiger partial charge in [0.15, 0.2) is 0 Å². The number of amides is 2. The molecular formula is C24H27N5O6PS2Tl-. The molecule has 1 radical (unpaired) electrons. The fourth-order valence-electron chi connectivity index (χ4n) is 5.12. The largest absolute Gasteiger partial charge is 0 e. The van der Waals surface area contributed by atoms with Crippen LogP contribution in [0.2, 0.25) is 0 Å². The number of rotatable bonds is 9. The van der Waals surface area contributed by atoms with E-state index in [1.807, 2.05) is 0 Å². The number of nitrogens with zero attached hydrogens (tertiary/aromatic N) is 4. The Bertz CT molecular complexity index is 1490. The third-order valence-electron chi connectivity index (χ3n) is 7.56. The molecule has 2 aromatic rings. The van der Waals surface area contributed by atoms with Crippen LogP contribution in [0, 0.1) is 11.3 Å². The minimum absolute atomic E-state index is 0. The van der Waals surface area contributed by atoms with Crippen molar-refractivity contribution < 1.29 is 26.9 Å². The van der Waals surface area contributed by atoms with Crippen LogP contribution in [0.1, 0.15) is 50.5 Å². The molecule has 3 aliphatic rings. The van der Waals surface area contributed by atoms with Gasteiger partial charge in [0.2, 0.25) is 0 Å². The zero-order valence-electron chi connectivity index (χ0n) is 21.3. The summed E-state index contributed by atoms with van der Waals surface area (Å²) >= 11 is 0.348. The molecule has 0 spiro atoms. The zero-order valence-corrected chi connectivity index (χ0v) is 28.4. The van der Waals surface area contributed by atoms with Gasteiger partial charge in [-0.3, -0.25) is 4.79 Å². The van der Waals surface area contributed by atoms with E-state index >= 15 is 0 Å². The monoisotopic (exact) mass is 781 g/mol. The molecule has 1 saturated heterocycles. The first-order chi connectivity index (χ1) is 18.2. The Labute approximate surface area is 252 Å². The molecule has 3 heterocycles. The summed E-state index contributed by atoms with van der Waals surface area (Å²) in [5, 5.41) is 16.1. The van der Waals surface area contributed by atoms with Crippen molar-refractivity contribution >= 4 is 67.8 Å². The third-order valence-corrected chi connectivity index (χ3v) is 11.3. The quantitative estimate of drug-likeness (QED) is 0.169. The second-order valence-electron chi connectivity index (χ2n) is 9.98. The average Bonchev–Trinajstić information content (AvgIpc) is 3.60. The maximum absolute atomic E-state index is 13.7. The number of carbonyl (C=O) groups excluding carboxylic acids is 2. The minimum Gasteiger partial charge on any atom is 0 e. The van der Waals surface area contributed by atoms with Gasteiger partial charge in [-0.1, -0.05) is 12.1 Å². The molecule has 0 atom stereocenters. The number of fused-ring (bicyclic) bond motifs is 1. The number of thiol groups is 1. The van der Waals surface area contributed by atoms with Crippen LogP contribution >= 0.6 is 7.81 Å². The molecule has 2 amide bonds. The summed E-state index contributed by atoms with van der Waals surface area (Å²) in [7, 11) is 1.94. The number of hydrogen-bond donors (Lipinski definition) is 1. The minimum atomic E-state index is -3.67. The van der Waals surface area contributed by atoms with E-state index in [1.54, 1.807) is 36.2 Å². The van der Waals surface area contributed by atoms with Gasteiger partial charge in [0.05, 0.1) is 11.6 Å². The van der Waals surface area contributed by atoms with Crippen LogP contribution in [-0.2, 0) is 49.8 Å². The van der Waals surface area contributed by atoms with Gasteiger partial charge in [-0.15, -0.1) is 0 Å². The molecule has 1 aliphatic carbocycles. The van der Waals surface area contributed by atoms with E-state index in [0.717, 1.165) is 5.56 Å². The average molecular weight is 781 g/mol. The van der Waals surface area contributed by atoms with Crippen molar-refractivity contribution in [2.75, 3.05) is 32.9 Å². The third kappa shape index (κ3) is 5.40. The van der Waals surface area contributed by atoms with E-state index in [0.29, 0.717) is 53.6 Å². The summed E-state index contributed by atoms with van der Waals surface area (Å²) in [5.41, 5.74) is 2.40. The smallest absolute Gasteiger partial charge is 0 e. The topological polar surface area (TPSA) is 144 Å².